The van der Waals surface area contributed by atoms with E-state index in [2.05, 4.69) is 56.6 Å². The Bertz CT molecular complexity index is 1260. The highest BCUT2D eigenvalue weighted by Gasteiger charge is 2.21. The molecular formula is C28H34N6O2. The van der Waals surface area contributed by atoms with Crippen LogP contribution >= 0.6 is 0 Å². The minimum atomic E-state index is -0.402. The SMILES string of the molecule is C=CCNC(=O)c1cnc(Nc2ccc3c(c2)CN(C)CC3)nc1Nc1cccc(C(C)(C)CO)c1. The standard InChI is InChI=1S/C28H34N6O2/c1-5-12-29-26(36)24-16-30-27(32-23-10-9-19-11-13-34(4)17-20(19)14-23)33-25(24)31-22-8-6-7-21(15-22)28(2,3)18-35/h5-10,14-16,35H,1,11-13,17-18H2,2-4H3,(H,29,36)(H2,30,31,32,33). The molecule has 8 heteroatoms. The molecule has 2 aromatic carbocycles. The topological polar surface area (TPSA) is 102 Å². The maximum absolute atomic E-state index is 12.8. The van der Waals surface area contributed by atoms with Crippen molar-refractivity contribution in [2.45, 2.75) is 32.2 Å². The number of amides is 1. The number of aliphatic hydroxyl groups excluding tert-OH is 1. The van der Waals surface area contributed by atoms with Crippen LogP contribution in [0.3, 0.4) is 0 Å². The number of benzene rings is 2. The van der Waals surface area contributed by atoms with Crippen LogP contribution in [0.1, 0.15) is 40.9 Å². The zero-order valence-electron chi connectivity index (χ0n) is 21.1. The molecular weight excluding hydrogens is 452 g/mol. The second kappa shape index (κ2) is 10.9. The lowest BCUT2D eigenvalue weighted by atomic mass is 9.85. The van der Waals surface area contributed by atoms with Gasteiger partial charge in [0.15, 0.2) is 0 Å². The molecule has 1 aliphatic heterocycles. The van der Waals surface area contributed by atoms with Crippen LogP contribution in [0.5, 0.6) is 0 Å². The number of anilines is 4. The van der Waals surface area contributed by atoms with E-state index in [1.165, 1.54) is 17.3 Å². The van der Waals surface area contributed by atoms with Gasteiger partial charge in [-0.3, -0.25) is 4.79 Å². The van der Waals surface area contributed by atoms with E-state index in [9.17, 15) is 9.90 Å². The van der Waals surface area contributed by atoms with E-state index in [1.54, 1.807) is 6.08 Å². The molecule has 1 aliphatic rings. The van der Waals surface area contributed by atoms with Gasteiger partial charge >= 0.3 is 0 Å². The molecule has 0 saturated heterocycles. The molecule has 0 saturated carbocycles. The Labute approximate surface area is 212 Å². The Morgan fingerprint density at radius 2 is 1.97 bits per heavy atom. The fraction of sp³-hybridized carbons (Fsp3) is 0.321. The number of aromatic nitrogens is 2. The molecule has 8 nitrogen and oxygen atoms in total. The number of nitrogens with one attached hydrogen (secondary N) is 3. The summed E-state index contributed by atoms with van der Waals surface area (Å²) in [4.78, 5) is 24.2. The number of carbonyl (C=O) groups excluding carboxylic acids is 1. The highest BCUT2D eigenvalue weighted by molar-refractivity contribution is 5.99. The Morgan fingerprint density at radius 1 is 1.17 bits per heavy atom. The molecule has 3 aromatic rings. The Kier molecular flexibility index (Phi) is 7.67. The molecule has 1 aromatic heterocycles. The van der Waals surface area contributed by atoms with Crippen molar-refractivity contribution in [2.75, 3.05) is 37.4 Å². The highest BCUT2D eigenvalue weighted by Crippen LogP contribution is 2.28. The van der Waals surface area contributed by atoms with Crippen molar-refractivity contribution >= 4 is 29.0 Å². The number of fused-ring (bicyclic) bond motifs is 1. The zero-order chi connectivity index (χ0) is 25.7. The summed E-state index contributed by atoms with van der Waals surface area (Å²) in [6, 6.07) is 14.1. The molecule has 0 fully saturated rings. The summed E-state index contributed by atoms with van der Waals surface area (Å²) >= 11 is 0. The maximum atomic E-state index is 12.8. The molecule has 36 heavy (non-hydrogen) atoms. The molecule has 0 aliphatic carbocycles. The Morgan fingerprint density at radius 3 is 2.75 bits per heavy atom. The van der Waals surface area contributed by atoms with Crippen molar-refractivity contribution < 1.29 is 9.90 Å². The fourth-order valence-corrected chi connectivity index (χ4v) is 4.11. The number of likely N-dealkylation sites (N-methyl/N-ethyl adjacent to an activating group) is 1. The van der Waals surface area contributed by atoms with Crippen LogP contribution < -0.4 is 16.0 Å². The van der Waals surface area contributed by atoms with Crippen LogP contribution in [0, 0.1) is 0 Å². The fourth-order valence-electron chi connectivity index (χ4n) is 4.11. The van der Waals surface area contributed by atoms with Crippen LogP contribution in [0.15, 0.2) is 61.3 Å². The quantitative estimate of drug-likeness (QED) is 0.337. The lowest BCUT2D eigenvalue weighted by Crippen LogP contribution is -2.26. The van der Waals surface area contributed by atoms with Gasteiger partial charge in [-0.15, -0.1) is 6.58 Å². The van der Waals surface area contributed by atoms with Gasteiger partial charge in [-0.25, -0.2) is 4.98 Å². The van der Waals surface area contributed by atoms with Crippen LogP contribution in [0.4, 0.5) is 23.1 Å². The van der Waals surface area contributed by atoms with Crippen molar-refractivity contribution in [1.29, 1.82) is 0 Å². The number of hydrogen-bond donors (Lipinski definition) is 4. The minimum Gasteiger partial charge on any atom is -0.395 e. The van der Waals surface area contributed by atoms with E-state index >= 15 is 0 Å². The third-order valence-electron chi connectivity index (χ3n) is 6.41. The van der Waals surface area contributed by atoms with Crippen LogP contribution in [-0.2, 0) is 18.4 Å². The first-order valence-corrected chi connectivity index (χ1v) is 12.1. The van der Waals surface area contributed by atoms with Gasteiger partial charge in [-0.1, -0.05) is 38.1 Å². The number of aliphatic hydroxyl groups is 1. The van der Waals surface area contributed by atoms with Crippen molar-refractivity contribution in [3.05, 3.63) is 83.6 Å². The summed E-state index contributed by atoms with van der Waals surface area (Å²) < 4.78 is 0. The first-order chi connectivity index (χ1) is 17.3. The summed E-state index contributed by atoms with van der Waals surface area (Å²) in [6.07, 6.45) is 4.18. The van der Waals surface area contributed by atoms with Crippen LogP contribution in [-0.4, -0.2) is 52.6 Å². The van der Waals surface area contributed by atoms with Crippen molar-refractivity contribution in [3.8, 4) is 0 Å². The lowest BCUT2D eigenvalue weighted by molar-refractivity contribution is 0.0958. The summed E-state index contributed by atoms with van der Waals surface area (Å²) in [7, 11) is 2.12. The van der Waals surface area contributed by atoms with E-state index in [-0.39, 0.29) is 12.5 Å². The Hall–Kier alpha value is -3.75. The molecule has 0 spiro atoms. The molecule has 0 bridgehead atoms. The normalized spacial score (nSPS) is 13.6. The van der Waals surface area contributed by atoms with Gasteiger partial charge in [-0.05, 0) is 54.4 Å². The van der Waals surface area contributed by atoms with Gasteiger partial charge in [0.05, 0.1) is 6.61 Å². The smallest absolute Gasteiger partial charge is 0.256 e. The first-order valence-electron chi connectivity index (χ1n) is 12.1. The van der Waals surface area contributed by atoms with Gasteiger partial charge < -0.3 is 26.0 Å². The molecule has 0 atom stereocenters. The molecule has 188 valence electrons. The van der Waals surface area contributed by atoms with Crippen molar-refractivity contribution in [2.24, 2.45) is 0 Å². The minimum absolute atomic E-state index is 0.0177. The summed E-state index contributed by atoms with van der Waals surface area (Å²) in [6.45, 7) is 9.93. The molecule has 1 amide bonds. The van der Waals surface area contributed by atoms with Gasteiger partial charge in [0.25, 0.3) is 5.91 Å². The summed E-state index contributed by atoms with van der Waals surface area (Å²) in [5.41, 5.74) is 5.19. The van der Waals surface area contributed by atoms with Gasteiger partial charge in [0, 0.05) is 42.6 Å². The van der Waals surface area contributed by atoms with Gasteiger partial charge in [0.2, 0.25) is 5.95 Å². The average Bonchev–Trinajstić information content (AvgIpc) is 2.87. The maximum Gasteiger partial charge on any atom is 0.256 e. The number of rotatable bonds is 9. The van der Waals surface area contributed by atoms with E-state index < -0.39 is 5.41 Å². The zero-order valence-corrected chi connectivity index (χ0v) is 21.1. The molecule has 0 unspecified atom stereocenters. The summed E-state index contributed by atoms with van der Waals surface area (Å²) in [5.74, 6) is 0.465. The van der Waals surface area contributed by atoms with Gasteiger partial charge in [-0.2, -0.15) is 4.98 Å². The Balaban J connectivity index is 1.64. The predicted octanol–water partition coefficient (Wildman–Crippen LogP) is 4.14. The predicted molar refractivity (Wildman–Crippen MR) is 144 cm³/mol. The molecule has 4 rings (SSSR count). The lowest BCUT2D eigenvalue weighted by Gasteiger charge is -2.25. The third kappa shape index (κ3) is 5.90. The molecule has 2 heterocycles. The van der Waals surface area contributed by atoms with E-state index in [0.29, 0.717) is 23.9 Å². The molecule has 4 N–H and O–H groups in total. The van der Waals surface area contributed by atoms with E-state index in [1.807, 2.05) is 44.2 Å². The van der Waals surface area contributed by atoms with E-state index in [0.717, 1.165) is 36.4 Å². The highest BCUT2D eigenvalue weighted by atomic mass is 16.3. The largest absolute Gasteiger partial charge is 0.395 e. The van der Waals surface area contributed by atoms with Crippen LogP contribution in [0.2, 0.25) is 0 Å². The van der Waals surface area contributed by atoms with Crippen LogP contribution in [0.25, 0.3) is 0 Å². The van der Waals surface area contributed by atoms with Gasteiger partial charge in [0.1, 0.15) is 11.4 Å². The average molecular weight is 487 g/mol. The number of hydrogen-bond acceptors (Lipinski definition) is 7. The van der Waals surface area contributed by atoms with Crippen molar-refractivity contribution in [1.82, 2.24) is 20.2 Å². The van der Waals surface area contributed by atoms with Crippen molar-refractivity contribution in [3.63, 3.8) is 0 Å². The monoisotopic (exact) mass is 486 g/mol. The number of carbonyl (C=O) groups is 1. The third-order valence-corrected chi connectivity index (χ3v) is 6.41. The van der Waals surface area contributed by atoms with E-state index in [4.69, 9.17) is 0 Å². The first kappa shape index (κ1) is 25.3. The molecule has 0 radical (unpaired) electrons. The summed E-state index contributed by atoms with van der Waals surface area (Å²) in [5, 5.41) is 19.1. The number of nitrogens with zero attached hydrogens (tertiary/aromatic N) is 3. The second-order valence-electron chi connectivity index (χ2n) is 9.80. The second-order valence-corrected chi connectivity index (χ2v) is 9.80.